The van der Waals surface area contributed by atoms with E-state index < -0.39 is 0 Å². The number of amides is 2. The number of aryl methyl sites for hydroxylation is 2. The number of hydrogen-bond donors (Lipinski definition) is 1. The van der Waals surface area contributed by atoms with E-state index in [-0.39, 0.29) is 24.7 Å². The van der Waals surface area contributed by atoms with E-state index in [0.29, 0.717) is 13.1 Å². The molecule has 0 aliphatic carbocycles. The first-order valence-electron chi connectivity index (χ1n) is 8.62. The minimum absolute atomic E-state index is 0.0340. The number of anilines is 1. The third kappa shape index (κ3) is 4.40. The molecule has 0 fully saturated rings. The van der Waals surface area contributed by atoms with Crippen molar-refractivity contribution in [2.75, 3.05) is 17.2 Å². The fourth-order valence-electron chi connectivity index (χ4n) is 2.96. The highest BCUT2D eigenvalue weighted by Crippen LogP contribution is 2.36. The molecule has 0 bridgehead atoms. The molecule has 136 valence electrons. The molecule has 1 aliphatic rings. The van der Waals surface area contributed by atoms with Crippen LogP contribution < -0.4 is 10.2 Å². The van der Waals surface area contributed by atoms with Gasteiger partial charge in [-0.05, 0) is 37.6 Å². The van der Waals surface area contributed by atoms with E-state index in [4.69, 9.17) is 0 Å². The van der Waals surface area contributed by atoms with E-state index in [1.165, 1.54) is 0 Å². The summed E-state index contributed by atoms with van der Waals surface area (Å²) in [6, 6.07) is 7.55. The first kappa shape index (κ1) is 18.4. The van der Waals surface area contributed by atoms with Crippen molar-refractivity contribution in [2.45, 2.75) is 38.3 Å². The van der Waals surface area contributed by atoms with Gasteiger partial charge in [0.15, 0.2) is 0 Å². The van der Waals surface area contributed by atoms with Crippen LogP contribution >= 0.6 is 11.8 Å². The number of thioether (sulfide) groups is 1. The normalized spacial score (nSPS) is 13.2. The fraction of sp³-hybridized carbons (Fsp3) is 0.368. The van der Waals surface area contributed by atoms with Crippen molar-refractivity contribution in [3.8, 4) is 0 Å². The zero-order chi connectivity index (χ0) is 18.5. The van der Waals surface area contributed by atoms with Crippen molar-refractivity contribution in [3.05, 3.63) is 47.4 Å². The molecule has 0 aromatic carbocycles. The average molecular weight is 370 g/mol. The first-order valence-corrected chi connectivity index (χ1v) is 9.61. The van der Waals surface area contributed by atoms with Gasteiger partial charge in [0, 0.05) is 37.0 Å². The van der Waals surface area contributed by atoms with Gasteiger partial charge in [-0.2, -0.15) is 0 Å². The molecule has 6 nitrogen and oxygen atoms in total. The summed E-state index contributed by atoms with van der Waals surface area (Å²) in [6.07, 6.45) is 2.05. The van der Waals surface area contributed by atoms with Crippen LogP contribution in [0.5, 0.6) is 0 Å². The number of aromatic nitrogens is 2. The molecule has 2 aromatic rings. The Balaban J connectivity index is 1.57. The van der Waals surface area contributed by atoms with Gasteiger partial charge in [0.2, 0.25) is 11.8 Å². The summed E-state index contributed by atoms with van der Waals surface area (Å²) in [5, 5.41) is 3.71. The summed E-state index contributed by atoms with van der Waals surface area (Å²) in [5.74, 6) is 0.642. The van der Waals surface area contributed by atoms with Crippen LogP contribution in [0.1, 0.15) is 29.8 Å². The standard InChI is InChI=1S/C19H22N4O2S/c1-13-11-14(2)22-19-18(13)23(9-10-26-19)17(25)7-6-16(24)21-12-15-5-3-4-8-20-15/h3-5,8,11H,6-7,9-10,12H2,1-2H3,(H,21,24). The Morgan fingerprint density at radius 1 is 1.27 bits per heavy atom. The minimum atomic E-state index is -0.144. The van der Waals surface area contributed by atoms with Gasteiger partial charge in [-0.1, -0.05) is 6.07 Å². The van der Waals surface area contributed by atoms with Crippen LogP contribution in [-0.2, 0) is 16.1 Å². The predicted molar refractivity (Wildman–Crippen MR) is 102 cm³/mol. The molecule has 2 amide bonds. The third-order valence-electron chi connectivity index (χ3n) is 4.16. The van der Waals surface area contributed by atoms with Crippen molar-refractivity contribution in [3.63, 3.8) is 0 Å². The number of rotatable bonds is 5. The Morgan fingerprint density at radius 2 is 2.12 bits per heavy atom. The van der Waals surface area contributed by atoms with Crippen LogP contribution in [0.25, 0.3) is 0 Å². The number of hydrogen-bond acceptors (Lipinski definition) is 5. The Morgan fingerprint density at radius 3 is 2.88 bits per heavy atom. The number of carbonyl (C=O) groups is 2. The zero-order valence-electron chi connectivity index (χ0n) is 15.0. The lowest BCUT2D eigenvalue weighted by Crippen LogP contribution is -2.37. The Hall–Kier alpha value is -2.41. The summed E-state index contributed by atoms with van der Waals surface area (Å²) < 4.78 is 0. The maximum atomic E-state index is 12.7. The van der Waals surface area contributed by atoms with Crippen LogP contribution in [0.15, 0.2) is 35.5 Å². The van der Waals surface area contributed by atoms with Crippen LogP contribution in [0.3, 0.4) is 0 Å². The van der Waals surface area contributed by atoms with Crippen molar-refractivity contribution >= 4 is 29.3 Å². The van der Waals surface area contributed by atoms with Gasteiger partial charge in [-0.15, -0.1) is 11.8 Å². The molecule has 0 atom stereocenters. The molecular formula is C19H22N4O2S. The van der Waals surface area contributed by atoms with Gasteiger partial charge in [-0.3, -0.25) is 14.6 Å². The molecule has 3 rings (SSSR count). The third-order valence-corrected chi connectivity index (χ3v) is 5.11. The van der Waals surface area contributed by atoms with E-state index in [0.717, 1.165) is 33.4 Å². The molecule has 0 unspecified atom stereocenters. The molecule has 0 saturated heterocycles. The number of carbonyl (C=O) groups excluding carboxylic acids is 2. The molecule has 1 aliphatic heterocycles. The van der Waals surface area contributed by atoms with Gasteiger partial charge >= 0.3 is 0 Å². The molecule has 0 radical (unpaired) electrons. The second-order valence-corrected chi connectivity index (χ2v) is 7.31. The van der Waals surface area contributed by atoms with Crippen molar-refractivity contribution in [1.82, 2.24) is 15.3 Å². The Labute approximate surface area is 157 Å². The lowest BCUT2D eigenvalue weighted by Gasteiger charge is -2.30. The molecule has 7 heteroatoms. The van der Waals surface area contributed by atoms with Crippen LogP contribution in [0, 0.1) is 13.8 Å². The van der Waals surface area contributed by atoms with Gasteiger partial charge in [-0.25, -0.2) is 4.98 Å². The Bertz CT molecular complexity index is 811. The lowest BCUT2D eigenvalue weighted by molar-refractivity contribution is -0.125. The molecular weight excluding hydrogens is 348 g/mol. The van der Waals surface area contributed by atoms with Gasteiger partial charge < -0.3 is 10.2 Å². The van der Waals surface area contributed by atoms with Crippen LogP contribution in [0.4, 0.5) is 5.69 Å². The second kappa shape index (κ2) is 8.31. The van der Waals surface area contributed by atoms with E-state index in [1.807, 2.05) is 38.1 Å². The Kier molecular flexibility index (Phi) is 5.88. The molecule has 0 spiro atoms. The molecule has 3 heterocycles. The molecule has 26 heavy (non-hydrogen) atoms. The largest absolute Gasteiger partial charge is 0.350 e. The van der Waals surface area contributed by atoms with Crippen LogP contribution in [0.2, 0.25) is 0 Å². The smallest absolute Gasteiger partial charge is 0.227 e. The highest BCUT2D eigenvalue weighted by atomic mass is 32.2. The van der Waals surface area contributed by atoms with E-state index >= 15 is 0 Å². The zero-order valence-corrected chi connectivity index (χ0v) is 15.8. The average Bonchev–Trinajstić information content (AvgIpc) is 2.64. The summed E-state index contributed by atoms with van der Waals surface area (Å²) in [5.41, 5.74) is 3.70. The molecule has 1 N–H and O–H groups in total. The topological polar surface area (TPSA) is 75.2 Å². The maximum Gasteiger partial charge on any atom is 0.227 e. The van der Waals surface area contributed by atoms with Crippen molar-refractivity contribution in [2.24, 2.45) is 0 Å². The number of nitrogens with one attached hydrogen (secondary N) is 1. The predicted octanol–water partition coefficient (Wildman–Crippen LogP) is 2.63. The summed E-state index contributed by atoms with van der Waals surface area (Å²) in [7, 11) is 0. The SMILES string of the molecule is Cc1cc(C)c2c(n1)SCCN2C(=O)CCC(=O)NCc1ccccn1. The van der Waals surface area contributed by atoms with Gasteiger partial charge in [0.1, 0.15) is 5.03 Å². The van der Waals surface area contributed by atoms with Crippen molar-refractivity contribution < 1.29 is 9.59 Å². The lowest BCUT2D eigenvalue weighted by atomic mass is 10.1. The second-order valence-electron chi connectivity index (χ2n) is 6.23. The minimum Gasteiger partial charge on any atom is -0.350 e. The van der Waals surface area contributed by atoms with E-state index in [2.05, 4.69) is 15.3 Å². The maximum absolute atomic E-state index is 12.7. The fourth-order valence-corrected chi connectivity index (χ4v) is 4.04. The van der Waals surface area contributed by atoms with Crippen molar-refractivity contribution in [1.29, 1.82) is 0 Å². The van der Waals surface area contributed by atoms with Crippen LogP contribution in [-0.4, -0.2) is 34.1 Å². The van der Waals surface area contributed by atoms with Gasteiger partial charge in [0.05, 0.1) is 17.9 Å². The summed E-state index contributed by atoms with van der Waals surface area (Å²) >= 11 is 1.68. The number of fused-ring (bicyclic) bond motifs is 1. The quantitative estimate of drug-likeness (QED) is 0.876. The highest BCUT2D eigenvalue weighted by Gasteiger charge is 2.26. The molecule has 2 aromatic heterocycles. The summed E-state index contributed by atoms with van der Waals surface area (Å²) in [6.45, 7) is 4.98. The highest BCUT2D eigenvalue weighted by molar-refractivity contribution is 7.99. The number of pyridine rings is 2. The number of nitrogens with zero attached hydrogens (tertiary/aromatic N) is 3. The molecule has 0 saturated carbocycles. The first-order chi connectivity index (χ1) is 12.5. The van der Waals surface area contributed by atoms with E-state index in [1.54, 1.807) is 22.9 Å². The monoisotopic (exact) mass is 370 g/mol. The summed E-state index contributed by atoms with van der Waals surface area (Å²) in [4.78, 5) is 35.2. The van der Waals surface area contributed by atoms with Gasteiger partial charge in [0.25, 0.3) is 0 Å². The van der Waals surface area contributed by atoms with E-state index in [9.17, 15) is 9.59 Å².